The van der Waals surface area contributed by atoms with E-state index in [0.29, 0.717) is 0 Å². The van der Waals surface area contributed by atoms with Crippen LogP contribution in [0, 0.1) is 41.7 Å². The number of phosphoric acid groups is 1. The van der Waals surface area contributed by atoms with Crippen LogP contribution in [0.5, 0.6) is 0 Å². The minimum Gasteiger partial charge on any atom is -0.303 e. The Balaban J connectivity index is -0.0000000267. The van der Waals surface area contributed by atoms with Gasteiger partial charge >= 0.3 is 7.82 Å². The van der Waals surface area contributed by atoms with Gasteiger partial charge < -0.3 is 14.7 Å². The molecule has 0 aliphatic heterocycles. The number of hydrogen-bond acceptors (Lipinski definition) is 1. The second-order valence-electron chi connectivity index (χ2n) is 0.513. The molecule has 0 saturated carbocycles. The fourth-order valence-corrected chi connectivity index (χ4v) is 0. The van der Waals surface area contributed by atoms with Crippen molar-refractivity contribution in [1.82, 2.24) is 0 Å². The maximum Gasteiger partial charge on any atom is 0.466 e. The summed E-state index contributed by atoms with van der Waals surface area (Å²) in [7, 11) is -4.64. The molecule has 0 bridgehead atoms. The summed E-state index contributed by atoms with van der Waals surface area (Å²) in [5.74, 6) is 0. The summed E-state index contributed by atoms with van der Waals surface area (Å²) < 4.78 is 8.88. The Kier molecular flexibility index (Phi) is 28.6. The van der Waals surface area contributed by atoms with Gasteiger partial charge in [-0.15, -0.1) is 0 Å². The van der Waals surface area contributed by atoms with Gasteiger partial charge in [0.25, 0.3) is 0 Å². The Labute approximate surface area is 118 Å². The Bertz CT molecular complexity index is 62.2. The van der Waals surface area contributed by atoms with Gasteiger partial charge in [-0.05, 0) is 0 Å². The molecule has 2 radical (unpaired) electrons. The summed E-state index contributed by atoms with van der Waals surface area (Å²) in [6, 6.07) is 0. The molecule has 0 atom stereocenters. The van der Waals surface area contributed by atoms with Gasteiger partial charge in [0.2, 0.25) is 0 Å². The van der Waals surface area contributed by atoms with Crippen molar-refractivity contribution in [3.05, 3.63) is 0 Å². The molecule has 0 aromatic heterocycles. The molecule has 0 aromatic rings. The molecule has 0 aliphatic rings. The van der Waals surface area contributed by atoms with Crippen LogP contribution in [0.1, 0.15) is 0 Å². The molecule has 0 saturated heterocycles. The fraction of sp³-hybridized carbons (Fsp3) is 0. The molecular formula is H3CeO4PVY. The van der Waals surface area contributed by atoms with Crippen LogP contribution in [0.25, 0.3) is 0 Å². The van der Waals surface area contributed by atoms with Gasteiger partial charge in [0.05, 0.1) is 0 Å². The molecule has 0 unspecified atom stereocenters. The quantitative estimate of drug-likeness (QED) is 0.476. The van der Waals surface area contributed by atoms with Crippen molar-refractivity contribution in [2.24, 2.45) is 0 Å². The first-order chi connectivity index (χ1) is 2.00. The predicted octanol–water partition coefficient (Wildman–Crippen LogP) is -0.934. The monoisotopic (exact) mass is 378 g/mol. The molecule has 0 rings (SSSR count). The van der Waals surface area contributed by atoms with Crippen LogP contribution in [-0.4, -0.2) is 14.7 Å². The molecule has 0 heterocycles. The van der Waals surface area contributed by atoms with Crippen LogP contribution in [0.3, 0.4) is 0 Å². The smallest absolute Gasteiger partial charge is 0.303 e. The average Bonchev–Trinajstić information content (AvgIpc) is 0.722. The first-order valence-corrected chi connectivity index (χ1v) is 2.35. The van der Waals surface area contributed by atoms with Crippen molar-refractivity contribution in [1.29, 1.82) is 0 Å². The van der Waals surface area contributed by atoms with Crippen molar-refractivity contribution < 1.29 is 112 Å². The second kappa shape index (κ2) is 10.2. The molecule has 8 heteroatoms. The van der Waals surface area contributed by atoms with Gasteiger partial charge in [-0.25, -0.2) is 4.57 Å². The Morgan fingerprint density at radius 2 is 1.12 bits per heavy atom. The molecule has 0 fully saturated rings. The summed E-state index contributed by atoms with van der Waals surface area (Å²) >= 11 is 0. The van der Waals surface area contributed by atoms with E-state index in [1.54, 1.807) is 0 Å². The van der Waals surface area contributed by atoms with Crippen LogP contribution in [-0.2, 0) is 55.8 Å². The summed E-state index contributed by atoms with van der Waals surface area (Å²) in [4.78, 5) is 21.6. The third-order valence-electron chi connectivity index (χ3n) is 0. The minimum atomic E-state index is -4.64. The zero-order valence-corrected chi connectivity index (χ0v) is 12.0. The zero-order valence-electron chi connectivity index (χ0n) is 3.72. The van der Waals surface area contributed by atoms with Crippen molar-refractivity contribution in [2.75, 3.05) is 0 Å². The van der Waals surface area contributed by atoms with E-state index in [1.165, 1.54) is 0 Å². The van der Waals surface area contributed by atoms with E-state index >= 15 is 0 Å². The van der Waals surface area contributed by atoms with E-state index in [4.69, 9.17) is 19.2 Å². The van der Waals surface area contributed by atoms with E-state index in [1.807, 2.05) is 0 Å². The summed E-state index contributed by atoms with van der Waals surface area (Å²) in [6.45, 7) is 0. The minimum absolute atomic E-state index is 0. The van der Waals surface area contributed by atoms with E-state index in [2.05, 4.69) is 0 Å². The first-order valence-electron chi connectivity index (χ1n) is 0.783. The van der Waals surface area contributed by atoms with E-state index in [0.717, 1.165) is 0 Å². The Hall–Kier alpha value is 3.17. The van der Waals surface area contributed by atoms with Crippen LogP contribution >= 0.6 is 7.82 Å². The average molecular weight is 378 g/mol. The molecule has 0 aliphatic carbocycles. The van der Waals surface area contributed by atoms with Gasteiger partial charge in [0, 0.05) is 93.0 Å². The number of rotatable bonds is 0. The molecule has 0 aromatic carbocycles. The van der Waals surface area contributed by atoms with Crippen LogP contribution in [0.4, 0.5) is 0 Å². The summed E-state index contributed by atoms with van der Waals surface area (Å²) in [5.41, 5.74) is 0. The third-order valence-corrected chi connectivity index (χ3v) is 0. The van der Waals surface area contributed by atoms with E-state index in [-0.39, 0.29) is 93.0 Å². The molecule has 44 valence electrons. The van der Waals surface area contributed by atoms with Crippen LogP contribution in [0.15, 0.2) is 0 Å². The molecule has 8 heavy (non-hydrogen) atoms. The number of hydrogen-bond donors (Lipinski definition) is 3. The van der Waals surface area contributed by atoms with Crippen LogP contribution in [0.2, 0.25) is 0 Å². The maximum atomic E-state index is 8.88. The molecule has 0 amide bonds. The maximum absolute atomic E-state index is 8.88. The van der Waals surface area contributed by atoms with E-state index in [9.17, 15) is 0 Å². The van der Waals surface area contributed by atoms with Gasteiger partial charge in [-0.3, -0.25) is 0 Å². The van der Waals surface area contributed by atoms with Crippen molar-refractivity contribution in [3.63, 3.8) is 0 Å². The van der Waals surface area contributed by atoms with Crippen LogP contribution < -0.4 is 0 Å². The molecule has 4 nitrogen and oxygen atoms in total. The zero-order chi connectivity index (χ0) is 4.50. The Morgan fingerprint density at radius 3 is 1.12 bits per heavy atom. The third kappa shape index (κ3) is 60.8. The normalized spacial score (nSPS) is 7.38. The fourth-order valence-electron chi connectivity index (χ4n) is 0. The summed E-state index contributed by atoms with van der Waals surface area (Å²) in [6.07, 6.45) is 0. The molecular weight excluding hydrogens is 375 g/mol. The predicted molar refractivity (Wildman–Crippen MR) is 14.3 cm³/mol. The Morgan fingerprint density at radius 1 is 1.12 bits per heavy atom. The van der Waals surface area contributed by atoms with Crippen molar-refractivity contribution in [3.8, 4) is 0 Å². The topological polar surface area (TPSA) is 77.8 Å². The first kappa shape index (κ1) is 22.5. The van der Waals surface area contributed by atoms with Gasteiger partial charge in [-0.2, -0.15) is 0 Å². The molecule has 3 N–H and O–H groups in total. The van der Waals surface area contributed by atoms with Gasteiger partial charge in [0.15, 0.2) is 0 Å². The van der Waals surface area contributed by atoms with Gasteiger partial charge in [0.1, 0.15) is 0 Å². The largest absolute Gasteiger partial charge is 0.466 e. The summed E-state index contributed by atoms with van der Waals surface area (Å²) in [5, 5.41) is 0. The van der Waals surface area contributed by atoms with Crippen molar-refractivity contribution >= 4 is 7.82 Å². The standard InChI is InChI=1S/Ce.H3O4P.V.Y/c;1-5(2,3)4;;/h;(H3,1,2,3,4);;. The SMILES string of the molecule is O=P(O)(O)O.[Ce].[V].[Y]. The second-order valence-corrected chi connectivity index (χ2v) is 1.54. The van der Waals surface area contributed by atoms with Crippen molar-refractivity contribution in [2.45, 2.75) is 0 Å². The van der Waals surface area contributed by atoms with Gasteiger partial charge in [-0.1, -0.05) is 0 Å². The van der Waals surface area contributed by atoms with E-state index < -0.39 is 7.82 Å². The molecule has 0 spiro atoms.